The molecule has 0 atom stereocenters. The molecule has 0 radical (unpaired) electrons. The molecule has 0 aromatic heterocycles. The van der Waals surface area contributed by atoms with Gasteiger partial charge in [0.1, 0.15) is 6.42 Å². The third-order valence-electron chi connectivity index (χ3n) is 1.69. The third kappa shape index (κ3) is 2.95. The van der Waals surface area contributed by atoms with Gasteiger partial charge in [0.05, 0.1) is 7.11 Å². The van der Waals surface area contributed by atoms with E-state index in [0.717, 1.165) is 6.07 Å². The SMILES string of the molecule is COc1cc(C#CCC(=O)O)cc(F)c1F. The minimum Gasteiger partial charge on any atom is -0.494 e. The van der Waals surface area contributed by atoms with Gasteiger partial charge in [0.15, 0.2) is 11.6 Å². The number of carboxylic acids is 1. The summed E-state index contributed by atoms with van der Waals surface area (Å²) in [6, 6.07) is 2.08. The molecule has 0 bridgehead atoms. The zero-order valence-electron chi connectivity index (χ0n) is 8.38. The van der Waals surface area contributed by atoms with E-state index in [0.29, 0.717) is 0 Å². The van der Waals surface area contributed by atoms with Crippen molar-refractivity contribution in [3.8, 4) is 17.6 Å². The third-order valence-corrected chi connectivity index (χ3v) is 1.69. The Morgan fingerprint density at radius 1 is 1.50 bits per heavy atom. The van der Waals surface area contributed by atoms with Crippen LogP contribution in [0.3, 0.4) is 0 Å². The first kappa shape index (κ1) is 12.0. The molecular formula is C11H8F2O3. The molecule has 1 aromatic carbocycles. The molecule has 3 nitrogen and oxygen atoms in total. The minimum atomic E-state index is -1.09. The summed E-state index contributed by atoms with van der Waals surface area (Å²) in [7, 11) is 1.20. The predicted molar refractivity (Wildman–Crippen MR) is 52.0 cm³/mol. The fraction of sp³-hybridized carbons (Fsp3) is 0.182. The molecule has 0 aliphatic heterocycles. The van der Waals surface area contributed by atoms with Crippen molar-refractivity contribution in [3.05, 3.63) is 29.3 Å². The van der Waals surface area contributed by atoms with Crippen molar-refractivity contribution >= 4 is 5.97 Å². The van der Waals surface area contributed by atoms with E-state index in [1.54, 1.807) is 0 Å². The lowest BCUT2D eigenvalue weighted by Gasteiger charge is -2.02. The largest absolute Gasteiger partial charge is 0.494 e. The van der Waals surface area contributed by atoms with E-state index in [2.05, 4.69) is 16.6 Å². The molecule has 0 unspecified atom stereocenters. The molecule has 16 heavy (non-hydrogen) atoms. The fourth-order valence-corrected chi connectivity index (χ4v) is 1.01. The van der Waals surface area contributed by atoms with Crippen molar-refractivity contribution in [2.45, 2.75) is 6.42 Å². The van der Waals surface area contributed by atoms with Gasteiger partial charge in [-0.1, -0.05) is 11.8 Å². The molecule has 0 aliphatic carbocycles. The first-order valence-electron chi connectivity index (χ1n) is 4.28. The number of halogens is 2. The molecule has 1 rings (SSSR count). The summed E-state index contributed by atoms with van der Waals surface area (Å²) < 4.78 is 30.6. The standard InChI is InChI=1S/C11H8F2O3/c1-16-9-6-7(3-2-4-10(14)15)5-8(12)11(9)13/h5-6H,4H2,1H3,(H,14,15). The number of hydrogen-bond acceptors (Lipinski definition) is 2. The van der Waals surface area contributed by atoms with Gasteiger partial charge in [0.25, 0.3) is 0 Å². The number of carbonyl (C=O) groups is 1. The highest BCUT2D eigenvalue weighted by atomic mass is 19.2. The van der Waals surface area contributed by atoms with Crippen LogP contribution in [-0.4, -0.2) is 18.2 Å². The summed E-state index contributed by atoms with van der Waals surface area (Å²) >= 11 is 0. The van der Waals surface area contributed by atoms with Crippen LogP contribution in [0.2, 0.25) is 0 Å². The molecule has 0 saturated heterocycles. The Hall–Kier alpha value is -2.09. The van der Waals surface area contributed by atoms with Crippen LogP contribution in [-0.2, 0) is 4.79 Å². The molecule has 5 heteroatoms. The Bertz CT molecular complexity index is 472. The number of carboxylic acid groups (broad SMARTS) is 1. The van der Waals surface area contributed by atoms with E-state index in [1.165, 1.54) is 13.2 Å². The molecule has 0 saturated carbocycles. The Kier molecular flexibility index (Phi) is 3.84. The van der Waals surface area contributed by atoms with Gasteiger partial charge in [-0.05, 0) is 12.1 Å². The van der Waals surface area contributed by atoms with Gasteiger partial charge in [0.2, 0.25) is 5.82 Å². The summed E-state index contributed by atoms with van der Waals surface area (Å²) in [5.41, 5.74) is 0.164. The molecule has 0 spiro atoms. The maximum Gasteiger partial charge on any atom is 0.315 e. The van der Waals surface area contributed by atoms with Crippen LogP contribution in [0, 0.1) is 23.5 Å². The summed E-state index contributed by atoms with van der Waals surface area (Å²) in [5, 5.41) is 8.33. The average molecular weight is 226 g/mol. The molecule has 0 amide bonds. The van der Waals surface area contributed by atoms with Crippen molar-refractivity contribution < 1.29 is 23.4 Å². The Morgan fingerprint density at radius 2 is 2.19 bits per heavy atom. The van der Waals surface area contributed by atoms with Gasteiger partial charge in [-0.2, -0.15) is 4.39 Å². The van der Waals surface area contributed by atoms with Crippen molar-refractivity contribution in [3.63, 3.8) is 0 Å². The Labute approximate surface area is 90.7 Å². The number of aliphatic carboxylic acids is 1. The maximum atomic E-state index is 13.0. The lowest BCUT2D eigenvalue weighted by atomic mass is 10.2. The van der Waals surface area contributed by atoms with Crippen molar-refractivity contribution in [2.75, 3.05) is 7.11 Å². The number of benzene rings is 1. The van der Waals surface area contributed by atoms with Crippen LogP contribution >= 0.6 is 0 Å². The van der Waals surface area contributed by atoms with Crippen molar-refractivity contribution in [2.24, 2.45) is 0 Å². The highest BCUT2D eigenvalue weighted by Gasteiger charge is 2.09. The lowest BCUT2D eigenvalue weighted by molar-refractivity contribution is -0.135. The predicted octanol–water partition coefficient (Wildman–Crippen LogP) is 1.80. The van der Waals surface area contributed by atoms with E-state index in [9.17, 15) is 13.6 Å². The molecule has 1 aromatic rings. The number of rotatable bonds is 2. The Morgan fingerprint density at radius 3 is 2.75 bits per heavy atom. The molecular weight excluding hydrogens is 218 g/mol. The van der Waals surface area contributed by atoms with Crippen LogP contribution in [0.1, 0.15) is 12.0 Å². The molecule has 84 valence electrons. The highest BCUT2D eigenvalue weighted by molar-refractivity contribution is 5.70. The first-order valence-corrected chi connectivity index (χ1v) is 4.28. The molecule has 0 aliphatic rings. The number of ether oxygens (including phenoxy) is 1. The van der Waals surface area contributed by atoms with E-state index in [4.69, 9.17) is 5.11 Å². The number of hydrogen-bond donors (Lipinski definition) is 1. The second-order valence-corrected chi connectivity index (χ2v) is 2.85. The van der Waals surface area contributed by atoms with Gasteiger partial charge >= 0.3 is 5.97 Å². The van der Waals surface area contributed by atoms with Crippen LogP contribution in [0.25, 0.3) is 0 Å². The van der Waals surface area contributed by atoms with Crippen LogP contribution in [0.4, 0.5) is 8.78 Å². The quantitative estimate of drug-likeness (QED) is 0.782. The zero-order chi connectivity index (χ0) is 12.1. The van der Waals surface area contributed by atoms with Gasteiger partial charge in [-0.25, -0.2) is 4.39 Å². The summed E-state index contributed by atoms with van der Waals surface area (Å²) in [5.74, 6) is 1.18. The average Bonchev–Trinajstić information content (AvgIpc) is 2.22. The van der Waals surface area contributed by atoms with Crippen molar-refractivity contribution in [1.29, 1.82) is 0 Å². The van der Waals surface area contributed by atoms with Crippen LogP contribution < -0.4 is 4.74 Å². The topological polar surface area (TPSA) is 46.5 Å². The fourth-order valence-electron chi connectivity index (χ4n) is 1.01. The molecule has 0 heterocycles. The monoisotopic (exact) mass is 226 g/mol. The maximum absolute atomic E-state index is 13.0. The number of methoxy groups -OCH3 is 1. The van der Waals surface area contributed by atoms with Gasteiger partial charge in [-0.3, -0.25) is 4.79 Å². The molecule has 1 N–H and O–H groups in total. The van der Waals surface area contributed by atoms with Gasteiger partial charge in [-0.15, -0.1) is 0 Å². The van der Waals surface area contributed by atoms with Crippen LogP contribution in [0.15, 0.2) is 12.1 Å². The lowest BCUT2D eigenvalue weighted by Crippen LogP contribution is -1.94. The molecule has 0 fully saturated rings. The summed E-state index contributed by atoms with van der Waals surface area (Å²) in [6.07, 6.45) is -0.360. The second-order valence-electron chi connectivity index (χ2n) is 2.85. The van der Waals surface area contributed by atoms with Gasteiger partial charge < -0.3 is 9.84 Å². The first-order chi connectivity index (χ1) is 7.54. The van der Waals surface area contributed by atoms with E-state index in [1.807, 2.05) is 0 Å². The van der Waals surface area contributed by atoms with E-state index < -0.39 is 17.6 Å². The highest BCUT2D eigenvalue weighted by Crippen LogP contribution is 2.21. The Balaban J connectivity index is 3.01. The van der Waals surface area contributed by atoms with E-state index >= 15 is 0 Å². The summed E-state index contributed by atoms with van der Waals surface area (Å²) in [6.45, 7) is 0. The summed E-state index contributed by atoms with van der Waals surface area (Å²) in [4.78, 5) is 10.2. The smallest absolute Gasteiger partial charge is 0.315 e. The zero-order valence-corrected chi connectivity index (χ0v) is 8.38. The minimum absolute atomic E-state index is 0.164. The van der Waals surface area contributed by atoms with Crippen molar-refractivity contribution in [1.82, 2.24) is 0 Å². The van der Waals surface area contributed by atoms with Crippen LogP contribution in [0.5, 0.6) is 5.75 Å². The van der Waals surface area contributed by atoms with E-state index in [-0.39, 0.29) is 17.7 Å². The second kappa shape index (κ2) is 5.12. The normalized spacial score (nSPS) is 9.19. The van der Waals surface area contributed by atoms with Gasteiger partial charge in [0, 0.05) is 5.56 Å².